The molecule has 0 saturated heterocycles. The molecule has 1 aliphatic carbocycles. The molecule has 278 valence electrons. The van der Waals surface area contributed by atoms with Gasteiger partial charge in [0.15, 0.2) is 5.82 Å². The van der Waals surface area contributed by atoms with E-state index in [0.29, 0.717) is 5.82 Å². The number of benzene rings is 9. The van der Waals surface area contributed by atoms with Crippen molar-refractivity contribution in [3.05, 3.63) is 217 Å². The Morgan fingerprint density at radius 3 is 1.63 bits per heavy atom. The van der Waals surface area contributed by atoms with Crippen molar-refractivity contribution in [3.8, 4) is 78.4 Å². The summed E-state index contributed by atoms with van der Waals surface area (Å²) in [4.78, 5) is 10.8. The second-order valence-corrected chi connectivity index (χ2v) is 16.1. The third-order valence-electron chi connectivity index (χ3n) is 12.3. The molecule has 0 radical (unpaired) electrons. The van der Waals surface area contributed by atoms with Crippen LogP contribution in [0.25, 0.3) is 100.0 Å². The monoisotopic (exact) mass is 752 g/mol. The van der Waals surface area contributed by atoms with E-state index >= 15 is 0 Å². The van der Waals surface area contributed by atoms with Crippen molar-refractivity contribution in [2.45, 2.75) is 19.3 Å². The summed E-state index contributed by atoms with van der Waals surface area (Å²) in [5.41, 5.74) is 17.3. The van der Waals surface area contributed by atoms with Crippen LogP contribution >= 0.6 is 0 Å². The second kappa shape index (κ2) is 13.9. The molecule has 2 nitrogen and oxygen atoms in total. The van der Waals surface area contributed by atoms with Crippen LogP contribution in [-0.4, -0.2) is 9.97 Å². The van der Waals surface area contributed by atoms with Crippen molar-refractivity contribution < 1.29 is 0 Å². The maximum Gasteiger partial charge on any atom is 0.161 e. The van der Waals surface area contributed by atoms with E-state index < -0.39 is 0 Å². The fourth-order valence-corrected chi connectivity index (χ4v) is 9.40. The van der Waals surface area contributed by atoms with Crippen molar-refractivity contribution in [1.29, 1.82) is 0 Å². The molecule has 1 aromatic heterocycles. The van der Waals surface area contributed by atoms with E-state index in [1.54, 1.807) is 0 Å². The first-order valence-electron chi connectivity index (χ1n) is 20.4. The summed E-state index contributed by atoms with van der Waals surface area (Å²) in [5.74, 6) is 0.700. The van der Waals surface area contributed by atoms with Gasteiger partial charge >= 0.3 is 0 Å². The van der Waals surface area contributed by atoms with Gasteiger partial charge in [-0.05, 0) is 89.3 Å². The van der Waals surface area contributed by atoms with Crippen molar-refractivity contribution in [1.82, 2.24) is 9.97 Å². The molecule has 0 amide bonds. The zero-order chi connectivity index (χ0) is 39.5. The summed E-state index contributed by atoms with van der Waals surface area (Å²) in [7, 11) is 0. The van der Waals surface area contributed by atoms with E-state index in [1.807, 2.05) is 0 Å². The highest BCUT2D eigenvalue weighted by atomic mass is 14.9. The van der Waals surface area contributed by atoms with Gasteiger partial charge in [-0.3, -0.25) is 0 Å². The van der Waals surface area contributed by atoms with Crippen LogP contribution in [0.15, 0.2) is 206 Å². The molecule has 9 aromatic carbocycles. The lowest BCUT2D eigenvalue weighted by molar-refractivity contribution is 0.661. The fourth-order valence-electron chi connectivity index (χ4n) is 9.40. The minimum atomic E-state index is -0.125. The summed E-state index contributed by atoms with van der Waals surface area (Å²) < 4.78 is 0. The molecule has 11 rings (SSSR count). The largest absolute Gasteiger partial charge is 0.228 e. The Labute approximate surface area is 345 Å². The molecule has 2 heteroatoms. The molecule has 0 aliphatic heterocycles. The molecule has 0 N–H and O–H groups in total. The molecular formula is C57H40N2. The van der Waals surface area contributed by atoms with E-state index in [0.717, 1.165) is 44.6 Å². The van der Waals surface area contributed by atoms with Gasteiger partial charge in [0.05, 0.1) is 11.4 Å². The van der Waals surface area contributed by atoms with E-state index in [1.165, 1.54) is 60.7 Å². The van der Waals surface area contributed by atoms with Crippen LogP contribution in [-0.2, 0) is 5.41 Å². The predicted octanol–water partition coefficient (Wildman–Crippen LogP) is 15.1. The Morgan fingerprint density at radius 2 is 0.864 bits per heavy atom. The Bertz CT molecular complexity index is 3220. The lowest BCUT2D eigenvalue weighted by Crippen LogP contribution is -2.14. The summed E-state index contributed by atoms with van der Waals surface area (Å²) in [5, 5.41) is 4.87. The Hall–Kier alpha value is -7.42. The van der Waals surface area contributed by atoms with E-state index in [-0.39, 0.29) is 5.41 Å². The number of fused-ring (bicyclic) bond motifs is 6. The van der Waals surface area contributed by atoms with Crippen LogP contribution < -0.4 is 0 Å². The number of aromatic nitrogens is 2. The summed E-state index contributed by atoms with van der Waals surface area (Å²) in [6.07, 6.45) is 0. The lowest BCUT2D eigenvalue weighted by atomic mass is 9.81. The normalized spacial score (nSPS) is 12.7. The first kappa shape index (κ1) is 34.8. The minimum absolute atomic E-state index is 0.125. The fraction of sp³-hybridized carbons (Fsp3) is 0.0526. The van der Waals surface area contributed by atoms with Gasteiger partial charge in [0.25, 0.3) is 0 Å². The van der Waals surface area contributed by atoms with E-state index in [9.17, 15) is 0 Å². The predicted molar refractivity (Wildman–Crippen MR) is 247 cm³/mol. The highest BCUT2D eigenvalue weighted by Crippen LogP contribution is 2.55. The SMILES string of the molecule is CC1(C)c2cccc(-c3ccc(-c4nc(-c5ccc(-c6ccccc6)cc5)cc(-c5ccccc5-c5ccccc5)n4)c4ccccc34)c2-c2c1ccc1ccccc21. The van der Waals surface area contributed by atoms with Crippen LogP contribution in [0.1, 0.15) is 25.0 Å². The highest BCUT2D eigenvalue weighted by molar-refractivity contribution is 6.11. The molecule has 59 heavy (non-hydrogen) atoms. The minimum Gasteiger partial charge on any atom is -0.228 e. The molecule has 1 heterocycles. The standard InChI is InChI=1S/C57H40N2/c1-57(2)50-27-15-26-48(55(50)54-43-22-10-9-20-40(43)32-35-51(54)57)46-33-34-49(45-24-13-12-23-44(45)46)56-58-52(41-30-28-38(29-31-41)37-16-5-3-6-17-37)36-53(59-56)47-25-14-11-21-42(47)39-18-7-4-8-19-39/h3-36H,1-2H3. The van der Waals surface area contributed by atoms with Crippen LogP contribution in [0.4, 0.5) is 0 Å². The van der Waals surface area contributed by atoms with Gasteiger partial charge in [-0.2, -0.15) is 0 Å². The zero-order valence-corrected chi connectivity index (χ0v) is 33.0. The van der Waals surface area contributed by atoms with Crippen molar-refractivity contribution >= 4 is 21.5 Å². The molecule has 10 aromatic rings. The van der Waals surface area contributed by atoms with Gasteiger partial charge in [0.2, 0.25) is 0 Å². The molecular weight excluding hydrogens is 713 g/mol. The number of nitrogens with zero attached hydrogens (tertiary/aromatic N) is 2. The smallest absolute Gasteiger partial charge is 0.161 e. The summed E-state index contributed by atoms with van der Waals surface area (Å²) in [6, 6.07) is 74.2. The molecule has 0 bridgehead atoms. The third kappa shape index (κ3) is 5.79. The first-order valence-corrected chi connectivity index (χ1v) is 20.4. The maximum absolute atomic E-state index is 5.43. The average molecular weight is 753 g/mol. The van der Waals surface area contributed by atoms with E-state index in [4.69, 9.17) is 9.97 Å². The summed E-state index contributed by atoms with van der Waals surface area (Å²) in [6.45, 7) is 4.73. The number of hydrogen-bond acceptors (Lipinski definition) is 2. The van der Waals surface area contributed by atoms with Crippen LogP contribution in [0.3, 0.4) is 0 Å². The Morgan fingerprint density at radius 1 is 0.322 bits per heavy atom. The van der Waals surface area contributed by atoms with E-state index in [2.05, 4.69) is 220 Å². The van der Waals surface area contributed by atoms with Gasteiger partial charge in [-0.15, -0.1) is 0 Å². The first-order chi connectivity index (χ1) is 29.0. The Kier molecular flexibility index (Phi) is 8.20. The summed E-state index contributed by atoms with van der Waals surface area (Å²) >= 11 is 0. The lowest BCUT2D eigenvalue weighted by Gasteiger charge is -2.22. The number of rotatable bonds is 6. The molecule has 0 unspecified atom stereocenters. The second-order valence-electron chi connectivity index (χ2n) is 16.1. The average Bonchev–Trinajstić information content (AvgIpc) is 3.55. The molecule has 1 aliphatic rings. The van der Waals surface area contributed by atoms with Gasteiger partial charge in [-0.25, -0.2) is 9.97 Å². The van der Waals surface area contributed by atoms with Crippen LogP contribution in [0.2, 0.25) is 0 Å². The van der Waals surface area contributed by atoms with Crippen molar-refractivity contribution in [2.75, 3.05) is 0 Å². The van der Waals surface area contributed by atoms with Gasteiger partial charge in [-0.1, -0.05) is 208 Å². The molecule has 0 saturated carbocycles. The molecule has 0 fully saturated rings. The van der Waals surface area contributed by atoms with Crippen LogP contribution in [0, 0.1) is 0 Å². The van der Waals surface area contributed by atoms with Gasteiger partial charge in [0, 0.05) is 22.1 Å². The van der Waals surface area contributed by atoms with Gasteiger partial charge in [0.1, 0.15) is 0 Å². The Balaban J connectivity index is 1.12. The van der Waals surface area contributed by atoms with Crippen LogP contribution in [0.5, 0.6) is 0 Å². The van der Waals surface area contributed by atoms with Crippen molar-refractivity contribution in [2.24, 2.45) is 0 Å². The maximum atomic E-state index is 5.43. The number of hydrogen-bond donors (Lipinski definition) is 0. The van der Waals surface area contributed by atoms with Crippen molar-refractivity contribution in [3.63, 3.8) is 0 Å². The van der Waals surface area contributed by atoms with Gasteiger partial charge < -0.3 is 0 Å². The third-order valence-corrected chi connectivity index (χ3v) is 12.3. The zero-order valence-electron chi connectivity index (χ0n) is 33.0. The molecule has 0 spiro atoms. The molecule has 0 atom stereocenters. The quantitative estimate of drug-likeness (QED) is 0.169. The topological polar surface area (TPSA) is 25.8 Å². The highest BCUT2D eigenvalue weighted by Gasteiger charge is 2.38.